The highest BCUT2D eigenvalue weighted by atomic mass is 32.2. The van der Waals surface area contributed by atoms with Crippen LogP contribution in [0.15, 0.2) is 24.3 Å². The Balaban J connectivity index is 2.20. The Hall–Kier alpha value is -1.25. The topological polar surface area (TPSA) is 89.6 Å². The predicted octanol–water partition coefficient (Wildman–Crippen LogP) is 1.08. The van der Waals surface area contributed by atoms with Crippen LogP contribution in [0, 0.1) is 5.41 Å². The van der Waals surface area contributed by atoms with E-state index in [0.29, 0.717) is 5.56 Å². The summed E-state index contributed by atoms with van der Waals surface area (Å²) in [7, 11) is -3.21. The van der Waals surface area contributed by atoms with Gasteiger partial charge in [0.2, 0.25) is 0 Å². The summed E-state index contributed by atoms with van der Waals surface area (Å²) >= 11 is 0. The molecule has 0 aliphatic carbocycles. The minimum absolute atomic E-state index is 0.00611. The van der Waals surface area contributed by atoms with Gasteiger partial charge in [0, 0.05) is 12.0 Å². The van der Waals surface area contributed by atoms with E-state index in [9.17, 15) is 22.3 Å². The molecule has 0 spiro atoms. The van der Waals surface area contributed by atoms with Gasteiger partial charge in [-0.25, -0.2) is 8.42 Å². The fourth-order valence-electron chi connectivity index (χ4n) is 2.61. The first kappa shape index (κ1) is 16.1. The molecule has 118 valence electrons. The van der Waals surface area contributed by atoms with E-state index in [2.05, 4.69) is 4.74 Å². The van der Waals surface area contributed by atoms with Crippen molar-refractivity contribution in [2.45, 2.75) is 19.1 Å². The molecule has 1 fully saturated rings. The van der Waals surface area contributed by atoms with Crippen molar-refractivity contribution in [3.05, 3.63) is 29.8 Å². The second-order valence-electron chi connectivity index (χ2n) is 5.26. The quantitative estimate of drug-likeness (QED) is 0.847. The zero-order valence-corrected chi connectivity index (χ0v) is 12.0. The summed E-state index contributed by atoms with van der Waals surface area (Å²) in [5.41, 5.74) is 5.18. The smallest absolute Gasteiger partial charge is 0.387 e. The summed E-state index contributed by atoms with van der Waals surface area (Å²) in [6.07, 6.45) is -0.789. The SMILES string of the molecule is NCC1(C(O)c2ccc(OC(F)F)cc2)CCS(=O)(=O)C1. The van der Waals surface area contributed by atoms with E-state index in [1.54, 1.807) is 0 Å². The van der Waals surface area contributed by atoms with Crippen LogP contribution in [0.2, 0.25) is 0 Å². The number of halogens is 2. The minimum Gasteiger partial charge on any atom is -0.435 e. The predicted molar refractivity (Wildman–Crippen MR) is 72.8 cm³/mol. The van der Waals surface area contributed by atoms with E-state index in [0.717, 1.165) is 0 Å². The highest BCUT2D eigenvalue weighted by Gasteiger charge is 2.46. The number of hydrogen-bond acceptors (Lipinski definition) is 5. The number of benzene rings is 1. The van der Waals surface area contributed by atoms with Crippen molar-refractivity contribution >= 4 is 9.84 Å². The summed E-state index contributed by atoms with van der Waals surface area (Å²) in [5, 5.41) is 10.4. The van der Waals surface area contributed by atoms with Gasteiger partial charge < -0.3 is 15.6 Å². The Morgan fingerprint density at radius 3 is 2.38 bits per heavy atom. The van der Waals surface area contributed by atoms with Crippen molar-refractivity contribution in [2.24, 2.45) is 11.1 Å². The number of rotatable bonds is 5. The van der Waals surface area contributed by atoms with Crippen molar-refractivity contribution in [3.8, 4) is 5.75 Å². The second kappa shape index (κ2) is 5.86. The van der Waals surface area contributed by atoms with Gasteiger partial charge in [-0.2, -0.15) is 8.78 Å². The van der Waals surface area contributed by atoms with Gasteiger partial charge in [0.25, 0.3) is 0 Å². The van der Waals surface area contributed by atoms with Crippen molar-refractivity contribution < 1.29 is 27.0 Å². The third kappa shape index (κ3) is 3.50. The van der Waals surface area contributed by atoms with Gasteiger partial charge >= 0.3 is 6.61 Å². The van der Waals surface area contributed by atoms with Gasteiger partial charge in [0.1, 0.15) is 5.75 Å². The molecule has 2 unspecified atom stereocenters. The minimum atomic E-state index is -3.21. The van der Waals surface area contributed by atoms with Crippen LogP contribution in [0.5, 0.6) is 5.75 Å². The fourth-order valence-corrected chi connectivity index (χ4v) is 4.77. The first-order chi connectivity index (χ1) is 9.78. The maximum atomic E-state index is 12.1. The fraction of sp³-hybridized carbons (Fsp3) is 0.538. The highest BCUT2D eigenvalue weighted by molar-refractivity contribution is 7.91. The molecule has 2 rings (SSSR count). The normalized spacial score (nSPS) is 26.0. The van der Waals surface area contributed by atoms with E-state index < -0.39 is 28.0 Å². The van der Waals surface area contributed by atoms with E-state index in [-0.39, 0.29) is 30.2 Å². The lowest BCUT2D eigenvalue weighted by Gasteiger charge is -2.32. The molecule has 8 heteroatoms. The van der Waals surface area contributed by atoms with Crippen molar-refractivity contribution in [1.29, 1.82) is 0 Å². The average Bonchev–Trinajstić information content (AvgIpc) is 2.75. The second-order valence-corrected chi connectivity index (χ2v) is 7.44. The van der Waals surface area contributed by atoms with Crippen LogP contribution in [-0.2, 0) is 9.84 Å². The number of aliphatic hydroxyl groups excluding tert-OH is 1. The van der Waals surface area contributed by atoms with Crippen molar-refractivity contribution in [3.63, 3.8) is 0 Å². The largest absolute Gasteiger partial charge is 0.435 e. The van der Waals surface area contributed by atoms with E-state index in [1.807, 2.05) is 0 Å². The van der Waals surface area contributed by atoms with Gasteiger partial charge in [-0.15, -0.1) is 0 Å². The van der Waals surface area contributed by atoms with Crippen LogP contribution in [0.25, 0.3) is 0 Å². The van der Waals surface area contributed by atoms with Crippen LogP contribution < -0.4 is 10.5 Å². The van der Waals surface area contributed by atoms with Crippen LogP contribution in [0.3, 0.4) is 0 Å². The molecule has 1 aromatic rings. The Kier molecular flexibility index (Phi) is 4.50. The van der Waals surface area contributed by atoms with Crippen molar-refractivity contribution in [2.75, 3.05) is 18.1 Å². The number of aliphatic hydroxyl groups is 1. The lowest BCUT2D eigenvalue weighted by atomic mass is 9.78. The maximum Gasteiger partial charge on any atom is 0.387 e. The first-order valence-corrected chi connectivity index (χ1v) is 8.23. The molecular formula is C13H17F2NO4S. The van der Waals surface area contributed by atoms with Crippen LogP contribution in [-0.4, -0.2) is 38.2 Å². The molecule has 2 atom stereocenters. The number of alkyl halides is 2. The number of sulfone groups is 1. The molecule has 0 aromatic heterocycles. The Labute approximate surface area is 121 Å². The first-order valence-electron chi connectivity index (χ1n) is 6.41. The third-order valence-corrected chi connectivity index (χ3v) is 5.67. The molecule has 0 bridgehead atoms. The molecule has 3 N–H and O–H groups in total. The molecule has 5 nitrogen and oxygen atoms in total. The summed E-state index contributed by atoms with van der Waals surface area (Å²) < 4.78 is 51.7. The number of hydrogen-bond donors (Lipinski definition) is 2. The van der Waals surface area contributed by atoms with Crippen molar-refractivity contribution in [1.82, 2.24) is 0 Å². The Bertz CT molecular complexity index is 591. The Morgan fingerprint density at radius 2 is 1.95 bits per heavy atom. The molecule has 0 amide bonds. The van der Waals surface area contributed by atoms with Crippen LogP contribution in [0.4, 0.5) is 8.78 Å². The van der Waals surface area contributed by atoms with E-state index in [1.165, 1.54) is 24.3 Å². The van der Waals surface area contributed by atoms with Gasteiger partial charge in [0.05, 0.1) is 17.6 Å². The lowest BCUT2D eigenvalue weighted by molar-refractivity contribution is -0.0499. The molecule has 1 heterocycles. The summed E-state index contributed by atoms with van der Waals surface area (Å²) in [6.45, 7) is -2.89. The van der Waals surface area contributed by atoms with Crippen LogP contribution >= 0.6 is 0 Å². The molecular weight excluding hydrogens is 304 g/mol. The molecule has 0 saturated carbocycles. The summed E-state index contributed by atoms with van der Waals surface area (Å²) in [6, 6.07) is 5.48. The van der Waals surface area contributed by atoms with E-state index in [4.69, 9.17) is 5.73 Å². The summed E-state index contributed by atoms with van der Waals surface area (Å²) in [4.78, 5) is 0. The molecule has 0 radical (unpaired) electrons. The highest BCUT2D eigenvalue weighted by Crippen LogP contribution is 2.42. The molecule has 1 aliphatic rings. The van der Waals surface area contributed by atoms with Gasteiger partial charge in [0.15, 0.2) is 9.84 Å². The lowest BCUT2D eigenvalue weighted by Crippen LogP contribution is -2.38. The summed E-state index contributed by atoms with van der Waals surface area (Å²) in [5.74, 6) is -0.206. The maximum absolute atomic E-state index is 12.1. The number of ether oxygens (including phenoxy) is 1. The average molecular weight is 321 g/mol. The third-order valence-electron chi connectivity index (χ3n) is 3.83. The monoisotopic (exact) mass is 321 g/mol. The van der Waals surface area contributed by atoms with Gasteiger partial charge in [-0.05, 0) is 24.1 Å². The van der Waals surface area contributed by atoms with E-state index >= 15 is 0 Å². The standard InChI is InChI=1S/C13H17F2NO4S/c14-12(15)20-10-3-1-9(2-4-10)11(17)13(7-16)5-6-21(18,19)8-13/h1-4,11-12,17H,5-8,16H2. The van der Waals surface area contributed by atoms with Gasteiger partial charge in [-0.3, -0.25) is 0 Å². The Morgan fingerprint density at radius 1 is 1.33 bits per heavy atom. The molecule has 1 saturated heterocycles. The van der Waals surface area contributed by atoms with Crippen LogP contribution in [0.1, 0.15) is 18.1 Å². The zero-order valence-electron chi connectivity index (χ0n) is 11.2. The zero-order chi connectivity index (χ0) is 15.7. The van der Waals surface area contributed by atoms with Gasteiger partial charge in [-0.1, -0.05) is 12.1 Å². The number of nitrogens with two attached hydrogens (primary N) is 1. The molecule has 21 heavy (non-hydrogen) atoms. The molecule has 1 aliphatic heterocycles. The molecule has 1 aromatic carbocycles.